The zero-order chi connectivity index (χ0) is 24.0. The molecule has 0 saturated carbocycles. The van der Waals surface area contributed by atoms with E-state index < -0.39 is 0 Å². The van der Waals surface area contributed by atoms with Gasteiger partial charge < -0.3 is 14.8 Å². The molecule has 1 atom stereocenters. The number of carbonyl (C=O) groups excluding carboxylic acids is 2. The van der Waals surface area contributed by atoms with E-state index in [1.54, 1.807) is 0 Å². The smallest absolute Gasteiger partial charge is 0.228 e. The van der Waals surface area contributed by atoms with E-state index in [0.29, 0.717) is 32.6 Å². The van der Waals surface area contributed by atoms with Gasteiger partial charge >= 0.3 is 0 Å². The number of aromatic nitrogens is 1. The second-order valence-electron chi connectivity index (χ2n) is 9.33. The second-order valence-corrected chi connectivity index (χ2v) is 9.33. The van der Waals surface area contributed by atoms with Crippen molar-refractivity contribution in [1.82, 2.24) is 14.8 Å². The summed E-state index contributed by atoms with van der Waals surface area (Å²) in [5.74, 6) is -0.136. The molecule has 1 fully saturated rings. The number of aromatic amines is 1. The SMILES string of the molecule is O=C1CC(C(=O)N(CCc2ccccc2)Cc2ccccc2)CN1CCc1c[nH]c2ccccc12. The first kappa shape index (κ1) is 22.9. The Bertz CT molecular complexity index is 1280. The number of hydrogen-bond acceptors (Lipinski definition) is 2. The van der Waals surface area contributed by atoms with E-state index in [4.69, 9.17) is 0 Å². The molecular formula is C30H31N3O2. The molecule has 1 aliphatic heterocycles. The number of hydrogen-bond donors (Lipinski definition) is 1. The molecule has 0 spiro atoms. The van der Waals surface area contributed by atoms with Crippen molar-refractivity contribution in [3.05, 3.63) is 108 Å². The van der Waals surface area contributed by atoms with Gasteiger partial charge in [-0.1, -0.05) is 78.9 Å². The third kappa shape index (κ3) is 5.46. The van der Waals surface area contributed by atoms with Gasteiger partial charge in [-0.25, -0.2) is 0 Å². The zero-order valence-corrected chi connectivity index (χ0v) is 19.9. The summed E-state index contributed by atoms with van der Waals surface area (Å²) >= 11 is 0. The summed E-state index contributed by atoms with van der Waals surface area (Å²) in [5.41, 5.74) is 4.63. The van der Waals surface area contributed by atoms with E-state index >= 15 is 0 Å². The minimum atomic E-state index is -0.287. The highest BCUT2D eigenvalue weighted by atomic mass is 16.2. The first-order valence-corrected chi connectivity index (χ1v) is 12.4. The number of benzene rings is 3. The molecule has 0 bridgehead atoms. The van der Waals surface area contributed by atoms with Gasteiger partial charge in [-0.2, -0.15) is 0 Å². The Morgan fingerprint density at radius 3 is 2.34 bits per heavy atom. The fourth-order valence-corrected chi connectivity index (χ4v) is 4.99. The van der Waals surface area contributed by atoms with E-state index in [1.807, 2.05) is 64.5 Å². The van der Waals surface area contributed by atoms with Gasteiger partial charge in [-0.3, -0.25) is 9.59 Å². The van der Waals surface area contributed by atoms with Crippen LogP contribution in [0, 0.1) is 5.92 Å². The standard InChI is InChI=1S/C30H31N3O2/c34-29-19-26(22-32(29)18-16-25-20-31-28-14-8-7-13-27(25)28)30(35)33(21-24-11-5-2-6-12-24)17-15-23-9-3-1-4-10-23/h1-14,20,26,31H,15-19,21-22H2. The van der Waals surface area contributed by atoms with E-state index in [9.17, 15) is 9.59 Å². The summed E-state index contributed by atoms with van der Waals surface area (Å²) in [7, 11) is 0. The Balaban J connectivity index is 1.24. The number of amides is 2. The molecule has 178 valence electrons. The third-order valence-corrected chi connectivity index (χ3v) is 6.93. The molecule has 1 saturated heterocycles. The van der Waals surface area contributed by atoms with Crippen molar-refractivity contribution in [3.63, 3.8) is 0 Å². The van der Waals surface area contributed by atoms with Gasteiger partial charge in [0.1, 0.15) is 0 Å². The van der Waals surface area contributed by atoms with Crippen molar-refractivity contribution in [2.45, 2.75) is 25.8 Å². The minimum Gasteiger partial charge on any atom is -0.361 e. The molecule has 5 heteroatoms. The van der Waals surface area contributed by atoms with E-state index in [-0.39, 0.29) is 17.7 Å². The quantitative estimate of drug-likeness (QED) is 0.385. The minimum absolute atomic E-state index is 0.0749. The van der Waals surface area contributed by atoms with Crippen molar-refractivity contribution in [2.75, 3.05) is 19.6 Å². The summed E-state index contributed by atoms with van der Waals surface area (Å²) < 4.78 is 0. The Morgan fingerprint density at radius 2 is 1.57 bits per heavy atom. The average Bonchev–Trinajstić information content (AvgIpc) is 3.49. The fraction of sp³-hybridized carbons (Fsp3) is 0.267. The number of fused-ring (bicyclic) bond motifs is 1. The van der Waals surface area contributed by atoms with Crippen molar-refractivity contribution in [2.24, 2.45) is 5.92 Å². The molecule has 2 heterocycles. The number of likely N-dealkylation sites (tertiary alicyclic amines) is 1. The Kier molecular flexibility index (Phi) is 6.94. The number of nitrogens with one attached hydrogen (secondary N) is 1. The van der Waals surface area contributed by atoms with Crippen molar-refractivity contribution < 1.29 is 9.59 Å². The normalized spacial score (nSPS) is 15.6. The lowest BCUT2D eigenvalue weighted by atomic mass is 10.1. The molecule has 0 radical (unpaired) electrons. The largest absolute Gasteiger partial charge is 0.361 e. The monoisotopic (exact) mass is 465 g/mol. The van der Waals surface area contributed by atoms with Crippen LogP contribution in [-0.2, 0) is 29.0 Å². The van der Waals surface area contributed by atoms with Crippen LogP contribution in [-0.4, -0.2) is 46.2 Å². The maximum absolute atomic E-state index is 13.6. The molecule has 1 N–H and O–H groups in total. The molecule has 2 amide bonds. The highest BCUT2D eigenvalue weighted by molar-refractivity contribution is 5.89. The molecule has 1 unspecified atom stereocenters. The average molecular weight is 466 g/mol. The third-order valence-electron chi connectivity index (χ3n) is 6.93. The summed E-state index contributed by atoms with van der Waals surface area (Å²) in [6, 6.07) is 28.6. The summed E-state index contributed by atoms with van der Waals surface area (Å²) in [6.07, 6.45) is 3.89. The second kappa shape index (κ2) is 10.6. The van der Waals surface area contributed by atoms with Gasteiger partial charge in [-0.05, 0) is 35.6 Å². The maximum Gasteiger partial charge on any atom is 0.228 e. The van der Waals surface area contributed by atoms with E-state index in [0.717, 1.165) is 23.9 Å². The molecule has 0 aliphatic carbocycles. The van der Waals surface area contributed by atoms with Crippen LogP contribution in [0.15, 0.2) is 91.1 Å². The molecule has 5 nitrogen and oxygen atoms in total. The summed E-state index contributed by atoms with van der Waals surface area (Å²) in [4.78, 5) is 33.5. The zero-order valence-electron chi connectivity index (χ0n) is 19.9. The van der Waals surface area contributed by atoms with E-state index in [2.05, 4.69) is 41.4 Å². The number of para-hydroxylation sites is 1. The lowest BCUT2D eigenvalue weighted by Crippen LogP contribution is -2.38. The van der Waals surface area contributed by atoms with Crippen LogP contribution in [0.5, 0.6) is 0 Å². The number of rotatable bonds is 9. The van der Waals surface area contributed by atoms with Crippen LogP contribution in [0.2, 0.25) is 0 Å². The van der Waals surface area contributed by atoms with Crippen LogP contribution in [0.1, 0.15) is 23.1 Å². The first-order valence-electron chi connectivity index (χ1n) is 12.4. The highest BCUT2D eigenvalue weighted by Crippen LogP contribution is 2.24. The lowest BCUT2D eigenvalue weighted by molar-refractivity contribution is -0.136. The van der Waals surface area contributed by atoms with Gasteiger partial charge in [0, 0.05) is 49.7 Å². The van der Waals surface area contributed by atoms with Gasteiger partial charge in [0.15, 0.2) is 0 Å². The predicted octanol–water partition coefficient (Wildman–Crippen LogP) is 4.83. The molecule has 1 aliphatic rings. The van der Waals surface area contributed by atoms with Gasteiger partial charge in [0.25, 0.3) is 0 Å². The molecule has 4 aromatic rings. The number of carbonyl (C=O) groups is 2. The highest BCUT2D eigenvalue weighted by Gasteiger charge is 2.36. The molecule has 35 heavy (non-hydrogen) atoms. The Labute approximate surface area is 206 Å². The molecule has 5 rings (SSSR count). The van der Waals surface area contributed by atoms with Crippen LogP contribution in [0.4, 0.5) is 0 Å². The van der Waals surface area contributed by atoms with Crippen LogP contribution in [0.25, 0.3) is 10.9 Å². The van der Waals surface area contributed by atoms with Gasteiger partial charge in [0.05, 0.1) is 5.92 Å². The fourth-order valence-electron chi connectivity index (χ4n) is 4.99. The summed E-state index contributed by atoms with van der Waals surface area (Å²) in [6.45, 7) is 2.33. The Hall–Kier alpha value is -3.86. The van der Waals surface area contributed by atoms with Gasteiger partial charge in [0.2, 0.25) is 11.8 Å². The van der Waals surface area contributed by atoms with Crippen molar-refractivity contribution >= 4 is 22.7 Å². The first-order chi connectivity index (χ1) is 17.2. The molecule has 3 aromatic carbocycles. The molecule has 1 aromatic heterocycles. The topological polar surface area (TPSA) is 56.4 Å². The van der Waals surface area contributed by atoms with Crippen molar-refractivity contribution in [1.29, 1.82) is 0 Å². The van der Waals surface area contributed by atoms with Crippen LogP contribution < -0.4 is 0 Å². The summed E-state index contributed by atoms with van der Waals surface area (Å²) in [5, 5.41) is 1.20. The van der Waals surface area contributed by atoms with Crippen LogP contribution in [0.3, 0.4) is 0 Å². The van der Waals surface area contributed by atoms with Gasteiger partial charge in [-0.15, -0.1) is 0 Å². The number of H-pyrrole nitrogens is 1. The molecular weight excluding hydrogens is 434 g/mol. The maximum atomic E-state index is 13.6. The Morgan fingerprint density at radius 1 is 0.886 bits per heavy atom. The van der Waals surface area contributed by atoms with Crippen LogP contribution >= 0.6 is 0 Å². The van der Waals surface area contributed by atoms with E-state index in [1.165, 1.54) is 16.5 Å². The predicted molar refractivity (Wildman–Crippen MR) is 139 cm³/mol. The number of nitrogens with zero attached hydrogens (tertiary/aromatic N) is 2. The lowest BCUT2D eigenvalue weighted by Gasteiger charge is -2.26. The van der Waals surface area contributed by atoms with Crippen molar-refractivity contribution in [3.8, 4) is 0 Å².